The number of hydroxylamine groups is 1. The zero-order valence-corrected chi connectivity index (χ0v) is 18.5. The normalized spacial score (nSPS) is 14.0. The number of nitrogens with zero attached hydrogens (tertiary/aromatic N) is 2. The molecule has 0 aromatic heterocycles. The van der Waals surface area contributed by atoms with Crippen molar-refractivity contribution in [2.75, 3.05) is 25.5 Å². The largest absolute Gasteiger partial charge is 0.378 e. The highest BCUT2D eigenvalue weighted by molar-refractivity contribution is 5.84. The molecule has 2 amide bonds. The van der Waals surface area contributed by atoms with E-state index in [-0.39, 0.29) is 17.7 Å². The number of hydrogen-bond donors (Lipinski definition) is 2. The molecule has 0 saturated heterocycles. The van der Waals surface area contributed by atoms with E-state index in [0.717, 1.165) is 43.5 Å². The minimum absolute atomic E-state index is 0.181. The summed E-state index contributed by atoms with van der Waals surface area (Å²) in [6.45, 7) is 1.41. The molecule has 0 unspecified atom stereocenters. The van der Waals surface area contributed by atoms with Crippen molar-refractivity contribution in [2.24, 2.45) is 0 Å². The Bertz CT molecular complexity index is 880. The fourth-order valence-electron chi connectivity index (χ4n) is 4.21. The lowest BCUT2D eigenvalue weighted by atomic mass is 9.90. The van der Waals surface area contributed by atoms with E-state index >= 15 is 0 Å². The summed E-state index contributed by atoms with van der Waals surface area (Å²) >= 11 is 0. The van der Waals surface area contributed by atoms with Crippen LogP contribution < -0.4 is 10.4 Å². The summed E-state index contributed by atoms with van der Waals surface area (Å²) in [4.78, 5) is 28.8. The Hall–Kier alpha value is -2.86. The average molecular weight is 424 g/mol. The van der Waals surface area contributed by atoms with Gasteiger partial charge in [0.1, 0.15) is 0 Å². The Morgan fingerprint density at radius 2 is 1.74 bits per heavy atom. The molecule has 1 heterocycles. The molecule has 1 aliphatic heterocycles. The Morgan fingerprint density at radius 3 is 2.42 bits per heavy atom. The molecule has 6 heteroatoms. The monoisotopic (exact) mass is 423 g/mol. The van der Waals surface area contributed by atoms with E-state index in [1.54, 1.807) is 5.48 Å². The van der Waals surface area contributed by atoms with Crippen LogP contribution in [0.5, 0.6) is 0 Å². The summed E-state index contributed by atoms with van der Waals surface area (Å²) in [6.07, 6.45) is 4.34. The van der Waals surface area contributed by atoms with Gasteiger partial charge in [0.25, 0.3) is 0 Å². The molecule has 1 atom stereocenters. The van der Waals surface area contributed by atoms with Gasteiger partial charge >= 0.3 is 0 Å². The van der Waals surface area contributed by atoms with E-state index in [1.807, 2.05) is 30.0 Å². The van der Waals surface area contributed by atoms with E-state index in [9.17, 15) is 9.59 Å². The summed E-state index contributed by atoms with van der Waals surface area (Å²) in [6, 6.07) is 16.6. The van der Waals surface area contributed by atoms with Crippen molar-refractivity contribution in [2.45, 2.75) is 51.0 Å². The van der Waals surface area contributed by atoms with Crippen LogP contribution in [0.15, 0.2) is 48.5 Å². The van der Waals surface area contributed by atoms with Crippen LogP contribution in [0.2, 0.25) is 0 Å². The number of amides is 2. The van der Waals surface area contributed by atoms with Gasteiger partial charge in [0.15, 0.2) is 0 Å². The second kappa shape index (κ2) is 11.0. The molecule has 0 bridgehead atoms. The number of carbonyl (C=O) groups excluding carboxylic acids is 2. The second-order valence-electron chi connectivity index (χ2n) is 8.45. The highest BCUT2D eigenvalue weighted by Crippen LogP contribution is 2.29. The van der Waals surface area contributed by atoms with Gasteiger partial charge in [-0.15, -0.1) is 0 Å². The highest BCUT2D eigenvalue weighted by atomic mass is 16.5. The van der Waals surface area contributed by atoms with Gasteiger partial charge in [-0.1, -0.05) is 49.2 Å². The molecule has 6 nitrogen and oxygen atoms in total. The molecule has 2 aromatic carbocycles. The summed E-state index contributed by atoms with van der Waals surface area (Å²) in [5, 5.41) is 8.62. The van der Waals surface area contributed by atoms with Crippen LogP contribution in [-0.2, 0) is 22.6 Å². The molecule has 3 rings (SSSR count). The van der Waals surface area contributed by atoms with Crippen LogP contribution >= 0.6 is 0 Å². The Morgan fingerprint density at radius 1 is 1.03 bits per heavy atom. The molecule has 0 fully saturated rings. The molecular formula is C25H33N3O3. The van der Waals surface area contributed by atoms with E-state index in [2.05, 4.69) is 42.5 Å². The van der Waals surface area contributed by atoms with Crippen molar-refractivity contribution < 1.29 is 14.8 Å². The van der Waals surface area contributed by atoms with Crippen molar-refractivity contribution in [1.82, 2.24) is 10.4 Å². The van der Waals surface area contributed by atoms with Gasteiger partial charge in [-0.2, -0.15) is 0 Å². The topological polar surface area (TPSA) is 72.9 Å². The fourth-order valence-corrected chi connectivity index (χ4v) is 4.21. The van der Waals surface area contributed by atoms with Gasteiger partial charge in [0, 0.05) is 39.3 Å². The summed E-state index contributed by atoms with van der Waals surface area (Å²) in [5.74, 6) is -0.368. The van der Waals surface area contributed by atoms with Crippen LogP contribution in [0.1, 0.15) is 54.7 Å². The minimum Gasteiger partial charge on any atom is -0.378 e. The standard InChI is InChI=1S/C25H33N3O3/c1-27(2)22-14-12-20(13-15-22)23(10-4-3-5-11-24(29)26-31)25(30)28-17-16-19-8-6-7-9-21(19)18-28/h6-9,12-15,23,31H,3-5,10-11,16-18H2,1-2H3,(H,26,29)/t23-/m0/s1. The Kier molecular flexibility index (Phi) is 8.06. The van der Waals surface area contributed by atoms with Gasteiger partial charge < -0.3 is 9.80 Å². The third-order valence-corrected chi connectivity index (χ3v) is 6.07. The maximum Gasteiger partial charge on any atom is 0.243 e. The van der Waals surface area contributed by atoms with Gasteiger partial charge in [-0.25, -0.2) is 5.48 Å². The van der Waals surface area contributed by atoms with Crippen molar-refractivity contribution in [3.05, 3.63) is 65.2 Å². The van der Waals surface area contributed by atoms with Crippen molar-refractivity contribution in [1.29, 1.82) is 0 Å². The lowest BCUT2D eigenvalue weighted by molar-refractivity contribution is -0.134. The highest BCUT2D eigenvalue weighted by Gasteiger charge is 2.28. The predicted octanol–water partition coefficient (Wildman–Crippen LogP) is 3.88. The van der Waals surface area contributed by atoms with E-state index < -0.39 is 0 Å². The summed E-state index contributed by atoms with van der Waals surface area (Å²) in [7, 11) is 4.01. The number of hydrogen-bond acceptors (Lipinski definition) is 4. The first-order valence-corrected chi connectivity index (χ1v) is 11.1. The molecule has 2 aromatic rings. The van der Waals surface area contributed by atoms with Crippen LogP contribution in [0.4, 0.5) is 5.69 Å². The van der Waals surface area contributed by atoms with Crippen LogP contribution in [0.25, 0.3) is 0 Å². The minimum atomic E-state index is -0.362. The van der Waals surface area contributed by atoms with E-state index in [0.29, 0.717) is 19.4 Å². The first-order valence-electron chi connectivity index (χ1n) is 11.1. The first kappa shape index (κ1) is 22.8. The van der Waals surface area contributed by atoms with E-state index in [1.165, 1.54) is 11.1 Å². The third-order valence-electron chi connectivity index (χ3n) is 6.07. The van der Waals surface area contributed by atoms with Gasteiger partial charge in [0.05, 0.1) is 5.92 Å². The fraction of sp³-hybridized carbons (Fsp3) is 0.440. The Balaban J connectivity index is 1.70. The third kappa shape index (κ3) is 6.07. The first-order chi connectivity index (χ1) is 15.0. The molecular weight excluding hydrogens is 390 g/mol. The average Bonchev–Trinajstić information content (AvgIpc) is 2.80. The number of benzene rings is 2. The molecule has 1 aliphatic rings. The van der Waals surface area contributed by atoms with Gasteiger partial charge in [-0.3, -0.25) is 14.8 Å². The van der Waals surface area contributed by atoms with Gasteiger partial charge in [-0.05, 0) is 48.1 Å². The molecule has 2 N–H and O–H groups in total. The number of nitrogens with one attached hydrogen (secondary N) is 1. The molecule has 31 heavy (non-hydrogen) atoms. The second-order valence-corrected chi connectivity index (χ2v) is 8.45. The number of anilines is 1. The SMILES string of the molecule is CN(C)c1ccc([C@H](CCCCCC(=O)NO)C(=O)N2CCc3ccccc3C2)cc1. The quantitative estimate of drug-likeness (QED) is 0.365. The number of rotatable bonds is 9. The van der Waals surface area contributed by atoms with Crippen LogP contribution in [0.3, 0.4) is 0 Å². The molecule has 0 radical (unpaired) electrons. The zero-order chi connectivity index (χ0) is 22.2. The lowest BCUT2D eigenvalue weighted by Gasteiger charge is -2.32. The van der Waals surface area contributed by atoms with Crippen molar-refractivity contribution in [3.63, 3.8) is 0 Å². The number of carbonyl (C=O) groups is 2. The van der Waals surface area contributed by atoms with E-state index in [4.69, 9.17) is 5.21 Å². The summed E-state index contributed by atoms with van der Waals surface area (Å²) in [5.41, 5.74) is 6.39. The predicted molar refractivity (Wildman–Crippen MR) is 122 cm³/mol. The van der Waals surface area contributed by atoms with Crippen LogP contribution in [-0.4, -0.2) is 42.6 Å². The van der Waals surface area contributed by atoms with Gasteiger partial charge in [0.2, 0.25) is 11.8 Å². The number of fused-ring (bicyclic) bond motifs is 1. The number of unbranched alkanes of at least 4 members (excludes halogenated alkanes) is 2. The molecule has 0 aliphatic carbocycles. The van der Waals surface area contributed by atoms with Crippen molar-refractivity contribution >= 4 is 17.5 Å². The Labute approximate surface area is 184 Å². The van der Waals surface area contributed by atoms with Crippen molar-refractivity contribution in [3.8, 4) is 0 Å². The maximum absolute atomic E-state index is 13.6. The van der Waals surface area contributed by atoms with Crippen LogP contribution in [0, 0.1) is 0 Å². The maximum atomic E-state index is 13.6. The zero-order valence-electron chi connectivity index (χ0n) is 18.5. The molecule has 166 valence electrons. The summed E-state index contributed by atoms with van der Waals surface area (Å²) < 4.78 is 0. The molecule has 0 saturated carbocycles. The molecule has 0 spiro atoms. The lowest BCUT2D eigenvalue weighted by Crippen LogP contribution is -2.39. The smallest absolute Gasteiger partial charge is 0.243 e.